The predicted octanol–water partition coefficient (Wildman–Crippen LogP) is 2.65. The van der Waals surface area contributed by atoms with Crippen LogP contribution in [0.4, 0.5) is 5.69 Å². The van der Waals surface area contributed by atoms with Gasteiger partial charge in [0.1, 0.15) is 5.69 Å². The quantitative estimate of drug-likeness (QED) is 0.898. The zero-order chi connectivity index (χ0) is 14.7. The molecule has 20 heavy (non-hydrogen) atoms. The van der Waals surface area contributed by atoms with Crippen molar-refractivity contribution in [1.82, 2.24) is 4.98 Å². The minimum Gasteiger partial charge on any atom is -0.478 e. The Morgan fingerprint density at radius 3 is 2.55 bits per heavy atom. The highest BCUT2D eigenvalue weighted by molar-refractivity contribution is 6.05. The van der Waals surface area contributed by atoms with Crippen molar-refractivity contribution in [3.05, 3.63) is 58.9 Å². The molecule has 2 N–H and O–H groups in total. The van der Waals surface area contributed by atoms with Crippen LogP contribution in [-0.2, 0) is 0 Å². The van der Waals surface area contributed by atoms with Gasteiger partial charge in [0, 0.05) is 11.9 Å². The van der Waals surface area contributed by atoms with E-state index in [0.29, 0.717) is 16.9 Å². The number of anilines is 1. The number of aryl methyl sites for hydroxylation is 1. The maximum Gasteiger partial charge on any atom is 0.336 e. The molecule has 0 bridgehead atoms. The van der Waals surface area contributed by atoms with Crippen LogP contribution in [0.1, 0.15) is 32.0 Å². The van der Waals surface area contributed by atoms with E-state index in [2.05, 4.69) is 10.3 Å². The number of amides is 1. The number of rotatable bonds is 3. The lowest BCUT2D eigenvalue weighted by Crippen LogP contribution is -2.16. The molecule has 0 aliphatic heterocycles. The number of aromatic carboxylic acids is 1. The number of hydrogen-bond donors (Lipinski definition) is 2. The van der Waals surface area contributed by atoms with Crippen molar-refractivity contribution in [2.75, 3.05) is 5.32 Å². The van der Waals surface area contributed by atoms with Crippen LogP contribution in [0.2, 0.25) is 0 Å². The number of nitrogens with one attached hydrogen (secondary N) is 1. The first-order chi connectivity index (χ1) is 9.50. The fourth-order valence-corrected chi connectivity index (χ4v) is 1.91. The number of carbonyl (C=O) groups excluding carboxylic acids is 1. The van der Waals surface area contributed by atoms with E-state index in [9.17, 15) is 9.59 Å². The van der Waals surface area contributed by atoms with Gasteiger partial charge in [-0.3, -0.25) is 9.78 Å². The van der Waals surface area contributed by atoms with Gasteiger partial charge < -0.3 is 10.4 Å². The fraction of sp³-hybridized carbons (Fsp3) is 0.133. The highest BCUT2D eigenvalue weighted by Gasteiger charge is 2.14. The Morgan fingerprint density at radius 1 is 1.15 bits per heavy atom. The summed E-state index contributed by atoms with van der Waals surface area (Å²) in [5, 5.41) is 11.8. The first kappa shape index (κ1) is 13.7. The molecular formula is C15H14N2O3. The molecule has 0 radical (unpaired) electrons. The highest BCUT2D eigenvalue weighted by atomic mass is 16.4. The molecule has 0 unspecified atom stereocenters. The molecule has 1 amide bonds. The molecule has 0 fully saturated rings. The van der Waals surface area contributed by atoms with Crippen LogP contribution >= 0.6 is 0 Å². The molecule has 1 heterocycles. The largest absolute Gasteiger partial charge is 0.478 e. The SMILES string of the molecule is Cc1cccnc1C(=O)Nc1cccc(C(=O)O)c1C. The number of nitrogens with zero attached hydrogens (tertiary/aromatic N) is 1. The van der Waals surface area contributed by atoms with E-state index < -0.39 is 5.97 Å². The number of pyridine rings is 1. The summed E-state index contributed by atoms with van der Waals surface area (Å²) < 4.78 is 0. The second kappa shape index (κ2) is 5.52. The summed E-state index contributed by atoms with van der Waals surface area (Å²) >= 11 is 0. The van der Waals surface area contributed by atoms with Crippen molar-refractivity contribution in [3.8, 4) is 0 Å². The zero-order valence-electron chi connectivity index (χ0n) is 11.2. The Bertz CT molecular complexity index is 681. The van der Waals surface area contributed by atoms with Crippen molar-refractivity contribution in [1.29, 1.82) is 0 Å². The lowest BCUT2D eigenvalue weighted by atomic mass is 10.1. The first-order valence-electron chi connectivity index (χ1n) is 6.06. The van der Waals surface area contributed by atoms with Gasteiger partial charge in [0.2, 0.25) is 0 Å². The summed E-state index contributed by atoms with van der Waals surface area (Å²) in [5.41, 5.74) is 2.24. The fourth-order valence-electron chi connectivity index (χ4n) is 1.91. The number of aromatic nitrogens is 1. The minimum atomic E-state index is -1.02. The first-order valence-corrected chi connectivity index (χ1v) is 6.06. The van der Waals surface area contributed by atoms with Crippen LogP contribution in [0.25, 0.3) is 0 Å². The molecule has 102 valence electrons. The van der Waals surface area contributed by atoms with Gasteiger partial charge in [0.15, 0.2) is 0 Å². The van der Waals surface area contributed by atoms with Gasteiger partial charge in [-0.05, 0) is 43.2 Å². The molecule has 2 rings (SSSR count). The van der Waals surface area contributed by atoms with Crippen molar-refractivity contribution in [2.45, 2.75) is 13.8 Å². The monoisotopic (exact) mass is 270 g/mol. The molecule has 2 aromatic rings. The van der Waals surface area contributed by atoms with Crippen LogP contribution in [0.15, 0.2) is 36.5 Å². The van der Waals surface area contributed by atoms with E-state index in [1.165, 1.54) is 6.07 Å². The molecule has 0 aliphatic rings. The van der Waals surface area contributed by atoms with E-state index in [-0.39, 0.29) is 11.5 Å². The average Bonchev–Trinajstić information content (AvgIpc) is 2.41. The van der Waals surface area contributed by atoms with Crippen LogP contribution in [0.5, 0.6) is 0 Å². The lowest BCUT2D eigenvalue weighted by Gasteiger charge is -2.11. The summed E-state index contributed by atoms with van der Waals surface area (Å²) in [4.78, 5) is 27.2. The van der Waals surface area contributed by atoms with E-state index in [4.69, 9.17) is 5.11 Å². The van der Waals surface area contributed by atoms with Crippen molar-refractivity contribution < 1.29 is 14.7 Å². The molecule has 0 saturated heterocycles. The van der Waals surface area contributed by atoms with Gasteiger partial charge >= 0.3 is 5.97 Å². The van der Waals surface area contributed by atoms with E-state index in [1.54, 1.807) is 44.3 Å². The summed E-state index contributed by atoms with van der Waals surface area (Å²) in [6.45, 7) is 3.45. The summed E-state index contributed by atoms with van der Waals surface area (Å²) in [6.07, 6.45) is 1.54. The molecule has 5 heteroatoms. The van der Waals surface area contributed by atoms with Gasteiger partial charge in [0.25, 0.3) is 5.91 Å². The Labute approximate surface area is 116 Å². The van der Waals surface area contributed by atoms with Gasteiger partial charge in [-0.15, -0.1) is 0 Å². The second-order valence-corrected chi connectivity index (χ2v) is 4.41. The number of carboxylic acids is 1. The third kappa shape index (κ3) is 2.66. The number of benzene rings is 1. The smallest absolute Gasteiger partial charge is 0.336 e. The summed E-state index contributed by atoms with van der Waals surface area (Å²) in [6, 6.07) is 8.31. The molecule has 1 aromatic carbocycles. The van der Waals surface area contributed by atoms with Gasteiger partial charge in [0.05, 0.1) is 5.56 Å². The van der Waals surface area contributed by atoms with Crippen LogP contribution in [-0.4, -0.2) is 22.0 Å². The normalized spacial score (nSPS) is 10.1. The van der Waals surface area contributed by atoms with E-state index in [1.807, 2.05) is 0 Å². The second-order valence-electron chi connectivity index (χ2n) is 4.41. The van der Waals surface area contributed by atoms with Crippen LogP contribution < -0.4 is 5.32 Å². The third-order valence-corrected chi connectivity index (χ3v) is 3.04. The molecule has 0 saturated carbocycles. The topological polar surface area (TPSA) is 79.3 Å². The molecule has 0 atom stereocenters. The minimum absolute atomic E-state index is 0.167. The summed E-state index contributed by atoms with van der Waals surface area (Å²) in [5.74, 6) is -1.37. The maximum atomic E-state index is 12.1. The average molecular weight is 270 g/mol. The van der Waals surface area contributed by atoms with E-state index in [0.717, 1.165) is 5.56 Å². The predicted molar refractivity (Wildman–Crippen MR) is 75.1 cm³/mol. The zero-order valence-corrected chi connectivity index (χ0v) is 11.2. The molecule has 0 aliphatic carbocycles. The van der Waals surface area contributed by atoms with Crippen LogP contribution in [0, 0.1) is 13.8 Å². The van der Waals surface area contributed by atoms with Gasteiger partial charge in [-0.1, -0.05) is 12.1 Å². The molecule has 5 nitrogen and oxygen atoms in total. The molecule has 1 aromatic heterocycles. The Kier molecular flexibility index (Phi) is 3.79. The highest BCUT2D eigenvalue weighted by Crippen LogP contribution is 2.20. The van der Waals surface area contributed by atoms with Crippen molar-refractivity contribution in [3.63, 3.8) is 0 Å². The number of hydrogen-bond acceptors (Lipinski definition) is 3. The maximum absolute atomic E-state index is 12.1. The molecular weight excluding hydrogens is 256 g/mol. The van der Waals surface area contributed by atoms with Crippen molar-refractivity contribution in [2.24, 2.45) is 0 Å². The van der Waals surface area contributed by atoms with Crippen molar-refractivity contribution >= 4 is 17.6 Å². The molecule has 0 spiro atoms. The van der Waals surface area contributed by atoms with E-state index >= 15 is 0 Å². The third-order valence-electron chi connectivity index (χ3n) is 3.04. The standard InChI is InChI=1S/C15H14N2O3/c1-9-5-4-8-16-13(9)14(18)17-12-7-3-6-11(10(12)2)15(19)20/h3-8H,1-2H3,(H,17,18)(H,19,20). The summed E-state index contributed by atoms with van der Waals surface area (Å²) in [7, 11) is 0. The Hall–Kier alpha value is -2.69. The van der Waals surface area contributed by atoms with Gasteiger partial charge in [-0.2, -0.15) is 0 Å². The van der Waals surface area contributed by atoms with Crippen LogP contribution in [0.3, 0.4) is 0 Å². The number of carbonyl (C=O) groups is 2. The van der Waals surface area contributed by atoms with Gasteiger partial charge in [-0.25, -0.2) is 4.79 Å². The Balaban J connectivity index is 2.32. The lowest BCUT2D eigenvalue weighted by molar-refractivity contribution is 0.0695. The number of carboxylic acid groups (broad SMARTS) is 1. The Morgan fingerprint density at radius 2 is 1.90 bits per heavy atom.